The van der Waals surface area contributed by atoms with E-state index >= 15 is 0 Å². The van der Waals surface area contributed by atoms with Gasteiger partial charge in [-0.1, -0.05) is 0 Å². The van der Waals surface area contributed by atoms with Gasteiger partial charge in [0.25, 0.3) is 0 Å². The molecule has 0 aliphatic rings. The molecule has 9 heteroatoms. The molecule has 154 valence electrons. The molecular formula is C20H26N6O3. The van der Waals surface area contributed by atoms with Crippen molar-refractivity contribution >= 4 is 5.96 Å². The Morgan fingerprint density at radius 2 is 2.14 bits per heavy atom. The largest absolute Gasteiger partial charge is 0.497 e. The van der Waals surface area contributed by atoms with Crippen LogP contribution in [0.1, 0.15) is 11.4 Å². The van der Waals surface area contributed by atoms with E-state index in [1.54, 1.807) is 27.5 Å². The Bertz CT molecular complexity index is 936. The lowest BCUT2D eigenvalue weighted by molar-refractivity contribution is 0.382. The van der Waals surface area contributed by atoms with E-state index in [0.717, 1.165) is 28.8 Å². The summed E-state index contributed by atoms with van der Waals surface area (Å²) in [6, 6.07) is 9.43. The molecule has 0 amide bonds. The zero-order valence-electron chi connectivity index (χ0n) is 17.1. The third-order valence-corrected chi connectivity index (χ3v) is 4.39. The highest BCUT2D eigenvalue weighted by Crippen LogP contribution is 2.25. The summed E-state index contributed by atoms with van der Waals surface area (Å²) >= 11 is 0. The molecule has 9 nitrogen and oxygen atoms in total. The molecule has 2 aromatic heterocycles. The van der Waals surface area contributed by atoms with E-state index in [-0.39, 0.29) is 0 Å². The highest BCUT2D eigenvalue weighted by atomic mass is 16.5. The molecule has 3 rings (SSSR count). The van der Waals surface area contributed by atoms with Gasteiger partial charge < -0.3 is 24.1 Å². The highest BCUT2D eigenvalue weighted by Gasteiger charge is 2.12. The van der Waals surface area contributed by atoms with Crippen molar-refractivity contribution in [3.63, 3.8) is 0 Å². The van der Waals surface area contributed by atoms with E-state index < -0.39 is 0 Å². The first-order valence-corrected chi connectivity index (χ1v) is 9.22. The number of aliphatic imine (C=N–C) groups is 1. The van der Waals surface area contributed by atoms with Gasteiger partial charge in [0, 0.05) is 45.2 Å². The number of ether oxygens (including phenoxy) is 2. The number of nitrogens with zero attached hydrogens (tertiary/aromatic N) is 4. The van der Waals surface area contributed by atoms with Gasteiger partial charge >= 0.3 is 0 Å². The molecule has 0 radical (unpaired) electrons. The molecule has 3 aromatic rings. The summed E-state index contributed by atoms with van der Waals surface area (Å²) in [5.41, 5.74) is 1.04. The van der Waals surface area contributed by atoms with Crippen molar-refractivity contribution in [1.82, 2.24) is 25.4 Å². The molecule has 0 saturated carbocycles. The van der Waals surface area contributed by atoms with Crippen LogP contribution in [0.2, 0.25) is 0 Å². The van der Waals surface area contributed by atoms with Crippen molar-refractivity contribution in [3.8, 4) is 23.1 Å². The second-order valence-corrected chi connectivity index (χ2v) is 6.34. The van der Waals surface area contributed by atoms with Crippen LogP contribution in [0.5, 0.6) is 11.5 Å². The molecule has 0 fully saturated rings. The van der Waals surface area contributed by atoms with E-state index in [4.69, 9.17) is 13.9 Å². The van der Waals surface area contributed by atoms with Crippen molar-refractivity contribution in [3.05, 3.63) is 48.0 Å². The van der Waals surface area contributed by atoms with Crippen LogP contribution in [0.3, 0.4) is 0 Å². The fourth-order valence-corrected chi connectivity index (χ4v) is 2.91. The van der Waals surface area contributed by atoms with Crippen molar-refractivity contribution in [2.45, 2.75) is 13.0 Å². The van der Waals surface area contributed by atoms with E-state index in [0.29, 0.717) is 31.1 Å². The lowest BCUT2D eigenvalue weighted by atomic mass is 10.2. The van der Waals surface area contributed by atoms with Crippen molar-refractivity contribution in [2.75, 3.05) is 34.9 Å². The average Bonchev–Trinajstić information content (AvgIpc) is 3.43. The molecule has 0 atom stereocenters. The number of hydrogen-bond acceptors (Lipinski definition) is 6. The maximum atomic E-state index is 5.48. The van der Waals surface area contributed by atoms with Gasteiger partial charge in [-0.3, -0.25) is 10.1 Å². The van der Waals surface area contributed by atoms with Crippen LogP contribution in [0.15, 0.2) is 46.0 Å². The highest BCUT2D eigenvalue weighted by molar-refractivity contribution is 5.79. The summed E-state index contributed by atoms with van der Waals surface area (Å²) in [6.07, 6.45) is 2.27. The first-order valence-electron chi connectivity index (χ1n) is 9.22. The van der Waals surface area contributed by atoms with E-state index in [1.807, 2.05) is 42.3 Å². The second-order valence-electron chi connectivity index (χ2n) is 6.34. The number of aromatic amines is 1. The SMILES string of the molecule is CN=C(NCCc1nc(-c2ccco2)n[nH]1)N(C)Cc1ccc(OC)cc1OC. The third kappa shape index (κ3) is 5.07. The fourth-order valence-electron chi connectivity index (χ4n) is 2.91. The van der Waals surface area contributed by atoms with Crippen LogP contribution in [-0.4, -0.2) is 60.9 Å². The standard InChI is InChI=1S/C20H26N6O3/c1-21-20(26(2)13-14-7-8-15(27-3)12-17(14)28-4)22-10-9-18-23-19(25-24-18)16-6-5-11-29-16/h5-8,11-12H,9-10,13H2,1-4H3,(H,21,22)(H,23,24,25). The summed E-state index contributed by atoms with van der Waals surface area (Å²) in [7, 11) is 7.02. The molecule has 2 heterocycles. The number of benzene rings is 1. The van der Waals surface area contributed by atoms with E-state index in [2.05, 4.69) is 25.5 Å². The zero-order chi connectivity index (χ0) is 20.6. The number of hydrogen-bond donors (Lipinski definition) is 2. The summed E-state index contributed by atoms with van der Waals surface area (Å²) in [6.45, 7) is 1.29. The molecule has 29 heavy (non-hydrogen) atoms. The summed E-state index contributed by atoms with van der Waals surface area (Å²) in [5.74, 6) is 4.28. The monoisotopic (exact) mass is 398 g/mol. The number of aromatic nitrogens is 3. The number of rotatable bonds is 8. The molecule has 0 bridgehead atoms. The topological polar surface area (TPSA) is 101 Å². The predicted octanol–water partition coefficient (Wildman–Crippen LogP) is 2.33. The maximum absolute atomic E-state index is 5.48. The van der Waals surface area contributed by atoms with Crippen molar-refractivity contribution in [1.29, 1.82) is 0 Å². The van der Waals surface area contributed by atoms with Gasteiger partial charge in [0.15, 0.2) is 11.7 Å². The Morgan fingerprint density at radius 3 is 2.83 bits per heavy atom. The fraction of sp³-hybridized carbons (Fsp3) is 0.350. The Hall–Kier alpha value is -3.49. The Labute approximate surface area is 169 Å². The zero-order valence-corrected chi connectivity index (χ0v) is 17.1. The lowest BCUT2D eigenvalue weighted by Crippen LogP contribution is -2.39. The van der Waals surface area contributed by atoms with Crippen LogP contribution in [0.4, 0.5) is 0 Å². The maximum Gasteiger partial charge on any atom is 0.216 e. The van der Waals surface area contributed by atoms with Gasteiger partial charge in [-0.05, 0) is 24.3 Å². The summed E-state index contributed by atoms with van der Waals surface area (Å²) in [5, 5.41) is 10.5. The molecule has 0 aliphatic carbocycles. The molecule has 0 aliphatic heterocycles. The Morgan fingerprint density at radius 1 is 1.28 bits per heavy atom. The van der Waals surface area contributed by atoms with Gasteiger partial charge in [0.1, 0.15) is 17.3 Å². The molecule has 2 N–H and O–H groups in total. The smallest absolute Gasteiger partial charge is 0.216 e. The molecule has 1 aromatic carbocycles. The quantitative estimate of drug-likeness (QED) is 0.444. The second kappa shape index (κ2) is 9.63. The van der Waals surface area contributed by atoms with Crippen LogP contribution < -0.4 is 14.8 Å². The average molecular weight is 398 g/mol. The lowest BCUT2D eigenvalue weighted by Gasteiger charge is -2.23. The molecular weight excluding hydrogens is 372 g/mol. The van der Waals surface area contributed by atoms with Crippen LogP contribution >= 0.6 is 0 Å². The predicted molar refractivity (Wildman–Crippen MR) is 110 cm³/mol. The third-order valence-electron chi connectivity index (χ3n) is 4.39. The van der Waals surface area contributed by atoms with E-state index in [1.165, 1.54) is 0 Å². The minimum absolute atomic E-state index is 0.554. The van der Waals surface area contributed by atoms with Crippen molar-refractivity contribution < 1.29 is 13.9 Å². The number of guanidine groups is 1. The van der Waals surface area contributed by atoms with E-state index in [9.17, 15) is 0 Å². The van der Waals surface area contributed by atoms with Crippen LogP contribution in [0.25, 0.3) is 11.6 Å². The molecule has 0 unspecified atom stereocenters. The van der Waals surface area contributed by atoms with Gasteiger partial charge in [-0.25, -0.2) is 4.98 Å². The number of methoxy groups -OCH3 is 2. The Balaban J connectivity index is 1.55. The summed E-state index contributed by atoms with van der Waals surface area (Å²) in [4.78, 5) is 10.8. The first-order chi connectivity index (χ1) is 14.1. The molecule has 0 saturated heterocycles. The number of nitrogens with one attached hydrogen (secondary N) is 2. The van der Waals surface area contributed by atoms with Crippen LogP contribution in [0, 0.1) is 0 Å². The van der Waals surface area contributed by atoms with Crippen molar-refractivity contribution in [2.24, 2.45) is 4.99 Å². The number of H-pyrrole nitrogens is 1. The molecule has 0 spiro atoms. The number of furan rings is 1. The van der Waals surface area contributed by atoms with Gasteiger partial charge in [-0.15, -0.1) is 0 Å². The normalized spacial score (nSPS) is 11.4. The van der Waals surface area contributed by atoms with Crippen LogP contribution in [-0.2, 0) is 13.0 Å². The van der Waals surface area contributed by atoms with Gasteiger partial charge in [-0.2, -0.15) is 5.10 Å². The Kier molecular flexibility index (Phi) is 6.72. The minimum atomic E-state index is 0.554. The van der Waals surface area contributed by atoms with Gasteiger partial charge in [0.2, 0.25) is 5.82 Å². The minimum Gasteiger partial charge on any atom is -0.497 e. The van der Waals surface area contributed by atoms with Gasteiger partial charge in [0.05, 0.1) is 20.5 Å². The summed E-state index contributed by atoms with van der Waals surface area (Å²) < 4.78 is 16.0. The first kappa shape index (κ1) is 20.2.